The molecule has 0 bridgehead atoms. The second-order valence-electron chi connectivity index (χ2n) is 17.4. The minimum atomic E-state index is -0.920. The summed E-state index contributed by atoms with van der Waals surface area (Å²) in [6.07, 6.45) is 16.4. The monoisotopic (exact) mass is 614 g/mol. The lowest BCUT2D eigenvalue weighted by Gasteiger charge is -2.69. The molecule has 0 spiro atoms. The number of benzene rings is 2. The van der Waals surface area contributed by atoms with Gasteiger partial charge in [-0.05, 0) is 170 Å². The fourth-order valence-electron chi connectivity index (χ4n) is 13.1. The van der Waals surface area contributed by atoms with Gasteiger partial charge in [-0.15, -0.1) is 0 Å². The lowest BCUT2D eigenvalue weighted by Crippen LogP contribution is -2.63. The summed E-state index contributed by atoms with van der Waals surface area (Å²) in [5.41, 5.74) is 4.52. The van der Waals surface area contributed by atoms with E-state index >= 15 is 4.39 Å². The Balaban J connectivity index is 1.08. The number of hydrogen-bond donors (Lipinski definition) is 2. The number of carbonyl (C=O) groups is 1. The third kappa shape index (κ3) is 5.02. The molecule has 5 fully saturated rings. The van der Waals surface area contributed by atoms with Gasteiger partial charge in [0.15, 0.2) is 0 Å². The van der Waals surface area contributed by atoms with Gasteiger partial charge in [0.1, 0.15) is 5.82 Å². The van der Waals surface area contributed by atoms with Crippen molar-refractivity contribution in [2.45, 2.75) is 124 Å². The highest BCUT2D eigenvalue weighted by atomic mass is 19.1. The fourth-order valence-corrected chi connectivity index (χ4v) is 13.1. The zero-order valence-electron chi connectivity index (χ0n) is 28.1. The predicted octanol–water partition coefficient (Wildman–Crippen LogP) is 9.68. The third-order valence-electron chi connectivity index (χ3n) is 15.2. The topological polar surface area (TPSA) is 57.5 Å². The average Bonchev–Trinajstić information content (AvgIpc) is 3.43. The van der Waals surface area contributed by atoms with Gasteiger partial charge >= 0.3 is 5.97 Å². The van der Waals surface area contributed by atoms with Crippen molar-refractivity contribution < 1.29 is 19.4 Å². The van der Waals surface area contributed by atoms with Gasteiger partial charge in [0, 0.05) is 0 Å². The number of fused-ring (bicyclic) bond motifs is 7. The minimum absolute atomic E-state index is 0.0112. The molecule has 4 heteroatoms. The molecule has 3 nitrogen and oxygen atoms in total. The second kappa shape index (κ2) is 11.2. The smallest absolute Gasteiger partial charge is 0.335 e. The fraction of sp³-hybridized carbons (Fsp3) is 0.683. The summed E-state index contributed by atoms with van der Waals surface area (Å²) < 4.78 is 15.0. The maximum atomic E-state index is 15.0. The molecule has 0 radical (unpaired) electrons. The van der Waals surface area contributed by atoms with Crippen LogP contribution in [0.3, 0.4) is 0 Å². The molecule has 2 aromatic rings. The van der Waals surface area contributed by atoms with Gasteiger partial charge in [0.25, 0.3) is 0 Å². The highest BCUT2D eigenvalue weighted by Gasteiger charge is 2.66. The molecule has 5 aliphatic carbocycles. The van der Waals surface area contributed by atoms with Crippen LogP contribution in [0, 0.1) is 57.1 Å². The molecule has 9 atom stereocenters. The lowest BCUT2D eigenvalue weighted by atomic mass is 9.36. The Labute approximate surface area is 270 Å². The quantitative estimate of drug-likeness (QED) is 0.341. The van der Waals surface area contributed by atoms with Crippen LogP contribution in [0.1, 0.15) is 125 Å². The van der Waals surface area contributed by atoms with E-state index in [4.69, 9.17) is 0 Å². The van der Waals surface area contributed by atoms with Crippen LogP contribution >= 0.6 is 0 Å². The number of hydrogen-bond acceptors (Lipinski definition) is 2. The van der Waals surface area contributed by atoms with E-state index in [0.29, 0.717) is 35.0 Å². The van der Waals surface area contributed by atoms with Crippen molar-refractivity contribution >= 4 is 5.97 Å². The largest absolute Gasteiger partial charge is 0.478 e. The van der Waals surface area contributed by atoms with Gasteiger partial charge in [-0.2, -0.15) is 0 Å². The van der Waals surface area contributed by atoms with Gasteiger partial charge in [0.2, 0.25) is 0 Å². The molecule has 5 aliphatic rings. The van der Waals surface area contributed by atoms with Crippen LogP contribution in [-0.2, 0) is 19.3 Å². The average molecular weight is 615 g/mol. The number of aromatic carboxylic acids is 1. The van der Waals surface area contributed by atoms with E-state index in [1.165, 1.54) is 69.8 Å². The van der Waals surface area contributed by atoms with Crippen molar-refractivity contribution in [3.63, 3.8) is 0 Å². The zero-order chi connectivity index (χ0) is 31.8. The lowest BCUT2D eigenvalue weighted by molar-refractivity contribution is -0.214. The van der Waals surface area contributed by atoms with E-state index in [0.717, 1.165) is 47.6 Å². The predicted molar refractivity (Wildman–Crippen MR) is 178 cm³/mol. The summed E-state index contributed by atoms with van der Waals surface area (Å²) in [5.74, 6) is 2.76. The number of carboxylic acid groups (broad SMARTS) is 1. The highest BCUT2D eigenvalue weighted by molar-refractivity contribution is 5.87. The molecule has 9 unspecified atom stereocenters. The Morgan fingerprint density at radius 2 is 1.51 bits per heavy atom. The van der Waals surface area contributed by atoms with Gasteiger partial charge in [-0.25, -0.2) is 9.18 Å². The molecule has 2 N–H and O–H groups in total. The standard InChI is InChI=1S/C41H55FO3/c1-38(2)34-18-21-39(3)31-17-23-41(20-5-6-32(41)30(31)14-16-35(39)40(34,4)22-19-36(38)43)25-27-10-15-33(42)29(24-27)13-9-26-7-11-28(12-8-26)37(44)45/h7-8,10-12,15,24,30-32,34-36,43H,5-6,9,13-14,16-23,25H2,1-4H3,(H,44,45). The first-order valence-electron chi connectivity index (χ1n) is 18.1. The summed E-state index contributed by atoms with van der Waals surface area (Å²) >= 11 is 0. The number of rotatable bonds is 6. The van der Waals surface area contributed by atoms with Crippen LogP contribution in [0.4, 0.5) is 4.39 Å². The zero-order valence-corrected chi connectivity index (χ0v) is 28.1. The number of aliphatic hydroxyl groups is 1. The number of carboxylic acids is 1. The van der Waals surface area contributed by atoms with Gasteiger partial charge in [-0.3, -0.25) is 0 Å². The molecule has 244 valence electrons. The molecule has 2 aromatic carbocycles. The van der Waals surface area contributed by atoms with Crippen LogP contribution in [0.25, 0.3) is 0 Å². The molecule has 0 amide bonds. The molecular weight excluding hydrogens is 559 g/mol. The third-order valence-corrected chi connectivity index (χ3v) is 15.2. The van der Waals surface area contributed by atoms with Gasteiger partial charge < -0.3 is 10.2 Å². The maximum Gasteiger partial charge on any atom is 0.335 e. The van der Waals surface area contributed by atoms with Crippen molar-refractivity contribution in [1.82, 2.24) is 0 Å². The van der Waals surface area contributed by atoms with E-state index in [1.807, 2.05) is 12.1 Å². The molecule has 0 aromatic heterocycles. The number of aryl methyl sites for hydroxylation is 2. The first-order valence-corrected chi connectivity index (χ1v) is 18.1. The summed E-state index contributed by atoms with van der Waals surface area (Å²) in [4.78, 5) is 11.2. The van der Waals surface area contributed by atoms with Crippen LogP contribution in [0.2, 0.25) is 0 Å². The second-order valence-corrected chi connectivity index (χ2v) is 17.4. The van der Waals surface area contributed by atoms with Crippen molar-refractivity contribution in [3.8, 4) is 0 Å². The first-order chi connectivity index (χ1) is 21.4. The van der Waals surface area contributed by atoms with Gasteiger partial charge in [0.05, 0.1) is 11.7 Å². The molecule has 0 heterocycles. The van der Waals surface area contributed by atoms with E-state index in [-0.39, 0.29) is 22.9 Å². The Morgan fingerprint density at radius 3 is 2.27 bits per heavy atom. The van der Waals surface area contributed by atoms with Crippen LogP contribution in [0.5, 0.6) is 0 Å². The summed E-state index contributed by atoms with van der Waals surface area (Å²) in [5, 5.41) is 20.2. The molecule has 7 rings (SSSR count). The highest BCUT2D eigenvalue weighted by Crippen LogP contribution is 2.73. The molecule has 5 saturated carbocycles. The minimum Gasteiger partial charge on any atom is -0.478 e. The van der Waals surface area contributed by atoms with Crippen LogP contribution in [-0.4, -0.2) is 22.3 Å². The van der Waals surface area contributed by atoms with Crippen molar-refractivity contribution in [3.05, 3.63) is 70.5 Å². The van der Waals surface area contributed by atoms with E-state index in [1.54, 1.807) is 18.2 Å². The van der Waals surface area contributed by atoms with Gasteiger partial charge in [-0.1, -0.05) is 58.4 Å². The van der Waals surface area contributed by atoms with E-state index in [9.17, 15) is 15.0 Å². The number of aliphatic hydroxyl groups excluding tert-OH is 1. The van der Waals surface area contributed by atoms with Crippen LogP contribution in [0.15, 0.2) is 42.5 Å². The molecule has 0 saturated heterocycles. The first kappa shape index (κ1) is 31.4. The summed E-state index contributed by atoms with van der Waals surface area (Å²) in [6.45, 7) is 10.0. The molecular formula is C41H55FO3. The van der Waals surface area contributed by atoms with E-state index < -0.39 is 5.97 Å². The Kier molecular flexibility index (Phi) is 7.82. The molecule has 45 heavy (non-hydrogen) atoms. The Hall–Kier alpha value is -2.20. The van der Waals surface area contributed by atoms with Crippen molar-refractivity contribution in [1.29, 1.82) is 0 Å². The number of halogens is 1. The molecule has 0 aliphatic heterocycles. The summed E-state index contributed by atoms with van der Waals surface area (Å²) in [7, 11) is 0. The Morgan fingerprint density at radius 1 is 0.778 bits per heavy atom. The SMILES string of the molecule is CC1(C)C(O)CCC2(C)C1CCC1(C)C3CCC4(Cc5ccc(F)c(CCc6ccc(C(=O)O)cc6)c5)CCCC4C3CCC12. The normalized spacial score (nSPS) is 40.1. The van der Waals surface area contributed by atoms with Crippen molar-refractivity contribution in [2.24, 2.45) is 51.2 Å². The Bertz CT molecular complexity index is 1430. The van der Waals surface area contributed by atoms with Crippen LogP contribution < -0.4 is 0 Å². The van der Waals surface area contributed by atoms with Crippen molar-refractivity contribution in [2.75, 3.05) is 0 Å². The maximum absolute atomic E-state index is 15.0. The summed E-state index contributed by atoms with van der Waals surface area (Å²) in [6, 6.07) is 12.9. The van der Waals surface area contributed by atoms with E-state index in [2.05, 4.69) is 39.8 Å².